The minimum absolute atomic E-state index is 0.0523. The molecule has 0 aliphatic rings. The predicted octanol–water partition coefficient (Wildman–Crippen LogP) is 3.95. The van der Waals surface area contributed by atoms with Gasteiger partial charge in [-0.05, 0) is 30.9 Å². The third-order valence-electron chi connectivity index (χ3n) is 2.43. The average Bonchev–Trinajstić information content (AvgIpc) is 2.14. The fourth-order valence-corrected chi connectivity index (χ4v) is 1.63. The second-order valence-electron chi connectivity index (χ2n) is 4.22. The predicted molar refractivity (Wildman–Crippen MR) is 67.5 cm³/mol. The number of unbranched alkanes of at least 4 members (excludes halogenated alkanes) is 1. The van der Waals surface area contributed by atoms with Crippen molar-refractivity contribution in [3.63, 3.8) is 0 Å². The summed E-state index contributed by atoms with van der Waals surface area (Å²) >= 11 is 0. The van der Waals surface area contributed by atoms with Gasteiger partial charge < -0.3 is 0 Å². The van der Waals surface area contributed by atoms with E-state index in [1.165, 1.54) is 30.4 Å². The summed E-state index contributed by atoms with van der Waals surface area (Å²) in [6.07, 6.45) is 3.74. The first-order chi connectivity index (χ1) is 6.54. The third-order valence-corrected chi connectivity index (χ3v) is 2.77. The topological polar surface area (TPSA) is 0 Å². The number of hydrogen-bond donors (Lipinski definition) is 0. The van der Waals surface area contributed by atoms with Gasteiger partial charge in [0, 0.05) is 5.16 Å². The highest BCUT2D eigenvalue weighted by atomic mass is 31.0. The Morgan fingerprint density at radius 3 is 2.29 bits per heavy atom. The van der Waals surface area contributed by atoms with Crippen LogP contribution in [0.5, 0.6) is 0 Å². The van der Waals surface area contributed by atoms with Crippen molar-refractivity contribution in [3.8, 4) is 0 Å². The molecule has 0 saturated carbocycles. The van der Waals surface area contributed by atoms with E-state index in [0.29, 0.717) is 0 Å². The molecule has 77 valence electrons. The molecule has 0 heterocycles. The van der Waals surface area contributed by atoms with Crippen molar-refractivity contribution in [2.24, 2.45) is 0 Å². The summed E-state index contributed by atoms with van der Waals surface area (Å²) in [6, 6.07) is 8.81. The molecule has 0 bridgehead atoms. The van der Waals surface area contributed by atoms with E-state index in [1.807, 2.05) is 0 Å². The maximum Gasteiger partial charge on any atom is 0.00698 e. The maximum absolute atomic E-state index is 4.10. The van der Waals surface area contributed by atoms with E-state index < -0.39 is 0 Å². The Hall–Kier alpha value is -0.350. The first-order valence-electron chi connectivity index (χ1n) is 5.27. The van der Waals surface area contributed by atoms with Gasteiger partial charge in [0.05, 0.1) is 0 Å². The zero-order valence-corrected chi connectivity index (χ0v) is 10.4. The Kier molecular flexibility index (Phi) is 4.13. The summed E-state index contributed by atoms with van der Waals surface area (Å²) in [5, 5.41) is -0.0523. The van der Waals surface area contributed by atoms with E-state index in [9.17, 15) is 0 Å². The summed E-state index contributed by atoms with van der Waals surface area (Å²) in [4.78, 5) is 0. The highest BCUT2D eigenvalue weighted by Crippen LogP contribution is 2.29. The molecule has 1 heteroatoms. The van der Waals surface area contributed by atoms with Gasteiger partial charge in [0.2, 0.25) is 0 Å². The third kappa shape index (κ3) is 3.42. The Morgan fingerprint density at radius 1 is 1.29 bits per heavy atom. The molecule has 0 aliphatic carbocycles. The SMILES string of the molecule is [CH2]C(C)(P)c1ccc(CCCC)cc1. The van der Waals surface area contributed by atoms with Crippen molar-refractivity contribution >= 4 is 9.24 Å². The van der Waals surface area contributed by atoms with Crippen LogP contribution >= 0.6 is 9.24 Å². The number of aryl methyl sites for hydroxylation is 1. The van der Waals surface area contributed by atoms with Crippen LogP contribution in [0.25, 0.3) is 0 Å². The molecule has 1 aromatic carbocycles. The van der Waals surface area contributed by atoms with Crippen LogP contribution in [0.3, 0.4) is 0 Å². The van der Waals surface area contributed by atoms with Crippen molar-refractivity contribution in [2.45, 2.75) is 38.3 Å². The quantitative estimate of drug-likeness (QED) is 0.656. The van der Waals surface area contributed by atoms with E-state index in [2.05, 4.69) is 54.3 Å². The second kappa shape index (κ2) is 4.94. The van der Waals surface area contributed by atoms with Crippen molar-refractivity contribution in [3.05, 3.63) is 42.3 Å². The molecule has 0 amide bonds. The first-order valence-corrected chi connectivity index (χ1v) is 5.85. The van der Waals surface area contributed by atoms with E-state index in [0.717, 1.165) is 0 Å². The summed E-state index contributed by atoms with van der Waals surface area (Å²) < 4.78 is 0. The highest BCUT2D eigenvalue weighted by molar-refractivity contribution is 7.18. The molecule has 0 saturated heterocycles. The molecular weight excluding hydrogens is 187 g/mol. The Bertz CT molecular complexity index is 266. The van der Waals surface area contributed by atoms with Crippen molar-refractivity contribution in [1.82, 2.24) is 0 Å². The molecule has 1 aromatic rings. The molecule has 0 N–H and O–H groups in total. The Labute approximate surface area is 90.3 Å². The number of hydrogen-bond acceptors (Lipinski definition) is 0. The standard InChI is InChI=1S/C13H20P/c1-4-5-6-11-7-9-12(10-8-11)13(2,3)14/h7-10H,2,4-6,14H2,1,3H3. The average molecular weight is 207 g/mol. The number of benzene rings is 1. The first kappa shape index (κ1) is 11.7. The summed E-state index contributed by atoms with van der Waals surface area (Å²) in [5.41, 5.74) is 2.72. The molecule has 0 aromatic heterocycles. The monoisotopic (exact) mass is 207 g/mol. The fourth-order valence-electron chi connectivity index (χ4n) is 1.43. The molecular formula is C13H20P. The van der Waals surface area contributed by atoms with Gasteiger partial charge in [-0.3, -0.25) is 0 Å². The number of rotatable bonds is 4. The van der Waals surface area contributed by atoms with Gasteiger partial charge in [-0.2, -0.15) is 0 Å². The van der Waals surface area contributed by atoms with Gasteiger partial charge in [-0.25, -0.2) is 0 Å². The lowest BCUT2D eigenvalue weighted by atomic mass is 9.99. The molecule has 1 radical (unpaired) electrons. The zero-order valence-electron chi connectivity index (χ0n) is 9.22. The lowest BCUT2D eigenvalue weighted by Gasteiger charge is -2.18. The van der Waals surface area contributed by atoms with Crippen LogP contribution in [-0.2, 0) is 11.6 Å². The minimum Gasteiger partial charge on any atom is -0.127 e. The van der Waals surface area contributed by atoms with Gasteiger partial charge in [0.1, 0.15) is 0 Å². The highest BCUT2D eigenvalue weighted by Gasteiger charge is 2.12. The molecule has 2 atom stereocenters. The van der Waals surface area contributed by atoms with Crippen molar-refractivity contribution in [2.75, 3.05) is 0 Å². The van der Waals surface area contributed by atoms with Gasteiger partial charge in [-0.1, -0.05) is 44.5 Å². The molecule has 2 unspecified atom stereocenters. The van der Waals surface area contributed by atoms with E-state index >= 15 is 0 Å². The van der Waals surface area contributed by atoms with Gasteiger partial charge in [-0.15, -0.1) is 9.24 Å². The van der Waals surface area contributed by atoms with Crippen LogP contribution in [0.1, 0.15) is 37.8 Å². The summed E-state index contributed by atoms with van der Waals surface area (Å²) in [7, 11) is 2.77. The van der Waals surface area contributed by atoms with Crippen LogP contribution in [-0.4, -0.2) is 0 Å². The van der Waals surface area contributed by atoms with Crippen LogP contribution in [0.15, 0.2) is 24.3 Å². The maximum atomic E-state index is 4.10. The van der Waals surface area contributed by atoms with Crippen molar-refractivity contribution in [1.29, 1.82) is 0 Å². The lowest BCUT2D eigenvalue weighted by molar-refractivity contribution is 0.793. The smallest absolute Gasteiger partial charge is 0.00698 e. The Morgan fingerprint density at radius 2 is 1.86 bits per heavy atom. The minimum atomic E-state index is -0.0523. The lowest BCUT2D eigenvalue weighted by Crippen LogP contribution is -2.06. The van der Waals surface area contributed by atoms with Gasteiger partial charge in [0.15, 0.2) is 0 Å². The normalized spacial score (nSPS) is 11.7. The van der Waals surface area contributed by atoms with E-state index in [4.69, 9.17) is 0 Å². The molecule has 0 fully saturated rings. The van der Waals surface area contributed by atoms with Crippen LogP contribution in [0, 0.1) is 6.92 Å². The van der Waals surface area contributed by atoms with Crippen molar-refractivity contribution < 1.29 is 0 Å². The Balaban J connectivity index is 2.69. The molecule has 1 rings (SSSR count). The zero-order chi connectivity index (χ0) is 10.6. The molecule has 0 spiro atoms. The summed E-state index contributed by atoms with van der Waals surface area (Å²) in [5.74, 6) is 0. The van der Waals surface area contributed by atoms with E-state index in [-0.39, 0.29) is 5.16 Å². The van der Waals surface area contributed by atoms with Gasteiger partial charge >= 0.3 is 0 Å². The van der Waals surface area contributed by atoms with Crippen LogP contribution < -0.4 is 0 Å². The van der Waals surface area contributed by atoms with Crippen LogP contribution in [0.4, 0.5) is 0 Å². The summed E-state index contributed by atoms with van der Waals surface area (Å²) in [6.45, 7) is 8.43. The van der Waals surface area contributed by atoms with Gasteiger partial charge in [0.25, 0.3) is 0 Å². The van der Waals surface area contributed by atoms with Crippen LogP contribution in [0.2, 0.25) is 0 Å². The van der Waals surface area contributed by atoms with E-state index in [1.54, 1.807) is 0 Å². The largest absolute Gasteiger partial charge is 0.127 e. The fraction of sp³-hybridized carbons (Fsp3) is 0.462. The molecule has 0 aliphatic heterocycles. The molecule has 0 nitrogen and oxygen atoms in total. The molecule has 14 heavy (non-hydrogen) atoms. The second-order valence-corrected chi connectivity index (χ2v) is 5.49.